The molecule has 28 heavy (non-hydrogen) atoms. The molecule has 2 aromatic rings. The summed E-state index contributed by atoms with van der Waals surface area (Å²) in [6.45, 7) is 6.68. The Balaban J connectivity index is 2.06. The number of aromatic nitrogens is 2. The van der Waals surface area contributed by atoms with E-state index in [4.69, 9.17) is 9.47 Å². The molecule has 0 aliphatic rings. The number of carbonyl (C=O) groups excluding carboxylic acids is 3. The van der Waals surface area contributed by atoms with E-state index in [2.05, 4.69) is 15.7 Å². The quantitative estimate of drug-likeness (QED) is 0.759. The summed E-state index contributed by atoms with van der Waals surface area (Å²) in [7, 11) is 1.40. The molecule has 9 nitrogen and oxygen atoms in total. The second-order valence-corrected chi connectivity index (χ2v) is 7.07. The molecule has 2 rings (SSSR count). The Morgan fingerprint density at radius 3 is 2.36 bits per heavy atom. The maximum atomic E-state index is 12.4. The summed E-state index contributed by atoms with van der Waals surface area (Å²) in [5, 5.41) is 8.89. The summed E-state index contributed by atoms with van der Waals surface area (Å²) in [4.78, 5) is 36.3. The molecule has 9 heteroatoms. The molecule has 150 valence electrons. The van der Waals surface area contributed by atoms with Gasteiger partial charge in [0.2, 0.25) is 5.69 Å². The number of rotatable bonds is 5. The molecule has 0 fully saturated rings. The summed E-state index contributed by atoms with van der Waals surface area (Å²) in [6, 6.07) is 8.46. The number of nitrogens with zero attached hydrogens (tertiary/aromatic N) is 2. The molecule has 1 atom stereocenters. The number of imide groups is 1. The van der Waals surface area contributed by atoms with Gasteiger partial charge in [0.1, 0.15) is 0 Å². The number of ether oxygens (including phenoxy) is 2. The Morgan fingerprint density at radius 1 is 1.14 bits per heavy atom. The molecule has 0 radical (unpaired) electrons. The van der Waals surface area contributed by atoms with Crippen LogP contribution in [0.3, 0.4) is 0 Å². The average Bonchev–Trinajstić information content (AvgIpc) is 3.05. The standard InChI is InChI=1S/C19H24N4O5/c1-12(16(24)20-18(26)21-19(2,3)4)28-17(25)15-14(27-5)11-23(22-15)13-9-7-6-8-10-13/h6-12H,1-5H3,(H2,20,21,24,26). The minimum absolute atomic E-state index is 0.0786. The molecule has 1 heterocycles. The average molecular weight is 388 g/mol. The highest BCUT2D eigenvalue weighted by Crippen LogP contribution is 2.20. The fourth-order valence-electron chi connectivity index (χ4n) is 2.22. The van der Waals surface area contributed by atoms with Crippen molar-refractivity contribution in [2.75, 3.05) is 7.11 Å². The van der Waals surface area contributed by atoms with Crippen LogP contribution in [0.4, 0.5) is 4.79 Å². The first-order chi connectivity index (χ1) is 13.1. The topological polar surface area (TPSA) is 112 Å². The molecule has 0 bridgehead atoms. The van der Waals surface area contributed by atoms with Crippen LogP contribution < -0.4 is 15.4 Å². The van der Waals surface area contributed by atoms with Gasteiger partial charge >= 0.3 is 12.0 Å². The largest absolute Gasteiger partial charge is 0.493 e. The molecule has 0 saturated carbocycles. The van der Waals surface area contributed by atoms with Gasteiger partial charge in [-0.2, -0.15) is 5.10 Å². The van der Waals surface area contributed by atoms with Gasteiger partial charge in [0.05, 0.1) is 19.0 Å². The lowest BCUT2D eigenvalue weighted by atomic mass is 10.1. The van der Waals surface area contributed by atoms with E-state index in [1.807, 2.05) is 30.3 Å². The summed E-state index contributed by atoms with van der Waals surface area (Å²) in [5.74, 6) is -1.39. The number of nitrogens with one attached hydrogen (secondary N) is 2. The number of urea groups is 1. The van der Waals surface area contributed by atoms with Crippen LogP contribution in [0.15, 0.2) is 36.5 Å². The van der Waals surface area contributed by atoms with Crippen LogP contribution in [0, 0.1) is 0 Å². The van der Waals surface area contributed by atoms with Crippen LogP contribution >= 0.6 is 0 Å². The molecule has 2 N–H and O–H groups in total. The lowest BCUT2D eigenvalue weighted by Crippen LogP contribution is -2.50. The van der Waals surface area contributed by atoms with E-state index in [1.165, 1.54) is 24.9 Å². The highest BCUT2D eigenvalue weighted by molar-refractivity contribution is 5.98. The molecule has 0 aliphatic carbocycles. The molecule has 0 aliphatic heterocycles. The van der Waals surface area contributed by atoms with Crippen molar-refractivity contribution in [1.29, 1.82) is 0 Å². The van der Waals surface area contributed by atoms with Crippen molar-refractivity contribution in [1.82, 2.24) is 20.4 Å². The maximum absolute atomic E-state index is 12.4. The van der Waals surface area contributed by atoms with Gasteiger partial charge in [0.15, 0.2) is 11.9 Å². The van der Waals surface area contributed by atoms with E-state index >= 15 is 0 Å². The molecule has 1 unspecified atom stereocenters. The van der Waals surface area contributed by atoms with E-state index in [0.29, 0.717) is 0 Å². The van der Waals surface area contributed by atoms with E-state index in [-0.39, 0.29) is 11.4 Å². The van der Waals surface area contributed by atoms with E-state index in [0.717, 1.165) is 5.69 Å². The minimum atomic E-state index is -1.20. The van der Waals surface area contributed by atoms with Gasteiger partial charge in [0.25, 0.3) is 5.91 Å². The fourth-order valence-corrected chi connectivity index (χ4v) is 2.22. The fraction of sp³-hybridized carbons (Fsp3) is 0.368. The van der Waals surface area contributed by atoms with Gasteiger partial charge in [-0.1, -0.05) is 18.2 Å². The van der Waals surface area contributed by atoms with Gasteiger partial charge in [-0.25, -0.2) is 14.3 Å². The number of hydrogen-bond donors (Lipinski definition) is 2. The predicted octanol–water partition coefficient (Wildman–Crippen LogP) is 2.05. The lowest BCUT2D eigenvalue weighted by molar-refractivity contribution is -0.127. The maximum Gasteiger partial charge on any atom is 0.363 e. The Hall–Kier alpha value is -3.36. The van der Waals surface area contributed by atoms with Crippen LogP contribution in [-0.2, 0) is 9.53 Å². The highest BCUT2D eigenvalue weighted by Gasteiger charge is 2.26. The highest BCUT2D eigenvalue weighted by atomic mass is 16.6. The van der Waals surface area contributed by atoms with Crippen molar-refractivity contribution in [2.24, 2.45) is 0 Å². The van der Waals surface area contributed by atoms with Crippen LogP contribution in [-0.4, -0.2) is 46.4 Å². The zero-order valence-electron chi connectivity index (χ0n) is 16.5. The van der Waals surface area contributed by atoms with E-state index in [9.17, 15) is 14.4 Å². The van der Waals surface area contributed by atoms with Crippen molar-refractivity contribution in [2.45, 2.75) is 39.3 Å². The summed E-state index contributed by atoms with van der Waals surface area (Å²) in [6.07, 6.45) is 0.331. The number of methoxy groups -OCH3 is 1. The smallest absolute Gasteiger partial charge is 0.363 e. The number of hydrogen-bond acceptors (Lipinski definition) is 6. The van der Waals surface area contributed by atoms with Gasteiger partial charge in [-0.15, -0.1) is 0 Å². The Morgan fingerprint density at radius 2 is 1.79 bits per heavy atom. The lowest BCUT2D eigenvalue weighted by Gasteiger charge is -2.21. The first-order valence-corrected chi connectivity index (χ1v) is 8.64. The SMILES string of the molecule is COc1cn(-c2ccccc2)nc1C(=O)OC(C)C(=O)NC(=O)NC(C)(C)C. The summed E-state index contributed by atoms with van der Waals surface area (Å²) < 4.78 is 11.8. The minimum Gasteiger partial charge on any atom is -0.493 e. The zero-order valence-corrected chi connectivity index (χ0v) is 16.5. The number of carbonyl (C=O) groups is 3. The number of esters is 1. The van der Waals surface area contributed by atoms with Crippen LogP contribution in [0.1, 0.15) is 38.2 Å². The third-order valence-corrected chi connectivity index (χ3v) is 3.49. The van der Waals surface area contributed by atoms with Crippen molar-refractivity contribution in [3.8, 4) is 11.4 Å². The Kier molecular flexibility index (Phi) is 6.40. The van der Waals surface area contributed by atoms with E-state index < -0.39 is 29.6 Å². The van der Waals surface area contributed by atoms with Gasteiger partial charge in [-0.3, -0.25) is 10.1 Å². The van der Waals surface area contributed by atoms with Crippen molar-refractivity contribution >= 4 is 17.9 Å². The second-order valence-electron chi connectivity index (χ2n) is 7.07. The van der Waals surface area contributed by atoms with Gasteiger partial charge in [-0.05, 0) is 39.8 Å². The third kappa shape index (κ3) is 5.57. The molecular formula is C19H24N4O5. The zero-order chi connectivity index (χ0) is 20.9. The molecule has 0 spiro atoms. The van der Waals surface area contributed by atoms with Crippen molar-refractivity contribution in [3.05, 3.63) is 42.2 Å². The molecular weight excluding hydrogens is 364 g/mol. The number of amides is 3. The second kappa shape index (κ2) is 8.55. The molecule has 1 aromatic heterocycles. The Bertz CT molecular complexity index is 855. The normalized spacial score (nSPS) is 12.0. The summed E-state index contributed by atoms with van der Waals surface area (Å²) in [5.41, 5.74) is 0.136. The van der Waals surface area contributed by atoms with Crippen molar-refractivity contribution in [3.63, 3.8) is 0 Å². The number of benzene rings is 1. The molecule has 0 saturated heterocycles. The molecule has 1 aromatic carbocycles. The number of para-hydroxylation sites is 1. The third-order valence-electron chi connectivity index (χ3n) is 3.49. The van der Waals surface area contributed by atoms with Crippen LogP contribution in [0.5, 0.6) is 5.75 Å². The van der Waals surface area contributed by atoms with Crippen LogP contribution in [0.2, 0.25) is 0 Å². The molecule has 3 amide bonds. The van der Waals surface area contributed by atoms with Crippen LogP contribution in [0.25, 0.3) is 5.69 Å². The van der Waals surface area contributed by atoms with Gasteiger partial charge in [0, 0.05) is 5.54 Å². The van der Waals surface area contributed by atoms with Crippen molar-refractivity contribution < 1.29 is 23.9 Å². The first kappa shape index (κ1) is 20.9. The predicted molar refractivity (Wildman–Crippen MR) is 101 cm³/mol. The monoisotopic (exact) mass is 388 g/mol. The first-order valence-electron chi connectivity index (χ1n) is 8.64. The Labute approximate surface area is 163 Å². The van der Waals surface area contributed by atoms with E-state index in [1.54, 1.807) is 20.8 Å². The van der Waals surface area contributed by atoms with Gasteiger partial charge < -0.3 is 14.8 Å². The summed E-state index contributed by atoms with van der Waals surface area (Å²) >= 11 is 0.